The summed E-state index contributed by atoms with van der Waals surface area (Å²) in [6, 6.07) is 0.226. The van der Waals surface area contributed by atoms with Gasteiger partial charge in [0, 0.05) is 0 Å². The Labute approximate surface area is 68.6 Å². The van der Waals surface area contributed by atoms with Crippen molar-refractivity contribution >= 4 is 6.29 Å². The van der Waals surface area contributed by atoms with Gasteiger partial charge in [0.25, 0.3) is 0 Å². The van der Waals surface area contributed by atoms with Crippen molar-refractivity contribution in [2.75, 3.05) is 13.1 Å². The molecule has 0 aromatic heterocycles. The van der Waals surface area contributed by atoms with Gasteiger partial charge in [0.15, 0.2) is 0 Å². The number of rotatable bonds is 3. The molecule has 0 spiro atoms. The van der Waals surface area contributed by atoms with Crippen molar-refractivity contribution < 1.29 is 4.79 Å². The first kappa shape index (κ1) is 8.72. The second-order valence-corrected chi connectivity index (χ2v) is 3.24. The molecule has 0 aromatic rings. The number of likely N-dealkylation sites (tertiary alicyclic amines) is 1. The molecule has 2 heteroatoms. The fourth-order valence-corrected chi connectivity index (χ4v) is 1.74. The molecule has 1 aliphatic heterocycles. The van der Waals surface area contributed by atoms with Crippen LogP contribution in [0.5, 0.6) is 0 Å². The molecular formula is C9H17NO. The summed E-state index contributed by atoms with van der Waals surface area (Å²) in [7, 11) is 0. The van der Waals surface area contributed by atoms with E-state index in [0.29, 0.717) is 0 Å². The predicted octanol–water partition coefficient (Wildman–Crippen LogP) is 1.45. The Kier molecular flexibility index (Phi) is 3.57. The van der Waals surface area contributed by atoms with E-state index in [1.54, 1.807) is 0 Å². The molecule has 1 saturated heterocycles. The average Bonchev–Trinajstić information content (AvgIpc) is 2.06. The predicted molar refractivity (Wildman–Crippen MR) is 45.6 cm³/mol. The summed E-state index contributed by atoms with van der Waals surface area (Å²) < 4.78 is 0. The molecule has 0 aromatic carbocycles. The molecule has 64 valence electrons. The maximum absolute atomic E-state index is 10.6. The van der Waals surface area contributed by atoms with Crippen LogP contribution in [0.4, 0.5) is 0 Å². The molecule has 0 aliphatic carbocycles. The molecule has 0 unspecified atom stereocenters. The third kappa shape index (κ3) is 2.29. The topological polar surface area (TPSA) is 20.3 Å². The van der Waals surface area contributed by atoms with Gasteiger partial charge in [-0.1, -0.05) is 13.3 Å². The third-order valence-electron chi connectivity index (χ3n) is 2.33. The molecule has 1 rings (SSSR count). The Hall–Kier alpha value is -0.370. The minimum atomic E-state index is 0.226. The number of piperidine rings is 1. The van der Waals surface area contributed by atoms with Gasteiger partial charge in [0.2, 0.25) is 0 Å². The lowest BCUT2D eigenvalue weighted by Gasteiger charge is -2.31. The Bertz CT molecular complexity index is 123. The third-order valence-corrected chi connectivity index (χ3v) is 2.33. The lowest BCUT2D eigenvalue weighted by Crippen LogP contribution is -2.40. The summed E-state index contributed by atoms with van der Waals surface area (Å²) in [5, 5.41) is 0. The number of hydrogen-bond acceptors (Lipinski definition) is 2. The maximum atomic E-state index is 10.6. The fraction of sp³-hybridized carbons (Fsp3) is 0.889. The van der Waals surface area contributed by atoms with Crippen molar-refractivity contribution in [3.8, 4) is 0 Å². The lowest BCUT2D eigenvalue weighted by molar-refractivity contribution is -0.113. The summed E-state index contributed by atoms with van der Waals surface area (Å²) in [6.07, 6.45) is 5.83. The Balaban J connectivity index is 2.37. The standard InChI is InChI=1S/C9H17NO/c1-2-6-10-7-4-3-5-9(10)8-11/h8-9H,2-7H2,1H3/t9-/m0/s1. The second kappa shape index (κ2) is 4.50. The first-order valence-electron chi connectivity index (χ1n) is 4.58. The molecule has 1 heterocycles. The van der Waals surface area contributed by atoms with Crippen molar-refractivity contribution in [1.82, 2.24) is 4.90 Å². The van der Waals surface area contributed by atoms with Gasteiger partial charge in [0.05, 0.1) is 6.04 Å². The molecular weight excluding hydrogens is 138 g/mol. The van der Waals surface area contributed by atoms with Gasteiger partial charge in [-0.15, -0.1) is 0 Å². The highest BCUT2D eigenvalue weighted by atomic mass is 16.1. The van der Waals surface area contributed by atoms with E-state index in [0.717, 1.165) is 32.2 Å². The van der Waals surface area contributed by atoms with Crippen LogP contribution in [0.1, 0.15) is 32.6 Å². The lowest BCUT2D eigenvalue weighted by atomic mass is 10.0. The molecule has 2 nitrogen and oxygen atoms in total. The van der Waals surface area contributed by atoms with Gasteiger partial charge in [-0.25, -0.2) is 0 Å². The smallest absolute Gasteiger partial charge is 0.137 e. The van der Waals surface area contributed by atoms with Crippen molar-refractivity contribution in [3.05, 3.63) is 0 Å². The van der Waals surface area contributed by atoms with Crippen molar-refractivity contribution in [3.63, 3.8) is 0 Å². The number of hydrogen-bond donors (Lipinski definition) is 0. The highest BCUT2D eigenvalue weighted by Gasteiger charge is 2.19. The summed E-state index contributed by atoms with van der Waals surface area (Å²) in [6.45, 7) is 4.37. The molecule has 1 atom stereocenters. The number of aldehydes is 1. The molecule has 0 N–H and O–H groups in total. The van der Waals surface area contributed by atoms with Gasteiger partial charge in [-0.3, -0.25) is 4.90 Å². The molecule has 1 aliphatic rings. The van der Waals surface area contributed by atoms with Crippen LogP contribution in [0.2, 0.25) is 0 Å². The summed E-state index contributed by atoms with van der Waals surface area (Å²) in [4.78, 5) is 12.9. The van der Waals surface area contributed by atoms with E-state index in [1.165, 1.54) is 12.8 Å². The first-order valence-corrected chi connectivity index (χ1v) is 4.58. The Morgan fingerprint density at radius 2 is 2.36 bits per heavy atom. The van der Waals surface area contributed by atoms with E-state index in [4.69, 9.17) is 0 Å². The van der Waals surface area contributed by atoms with Crippen LogP contribution in [-0.2, 0) is 4.79 Å². The zero-order valence-electron chi connectivity index (χ0n) is 7.25. The molecule has 0 bridgehead atoms. The van der Waals surface area contributed by atoms with E-state index in [-0.39, 0.29) is 6.04 Å². The quantitative estimate of drug-likeness (QED) is 0.575. The largest absolute Gasteiger partial charge is 0.302 e. The van der Waals surface area contributed by atoms with Gasteiger partial charge < -0.3 is 4.79 Å². The molecule has 0 radical (unpaired) electrons. The molecule has 0 amide bonds. The van der Waals surface area contributed by atoms with E-state index >= 15 is 0 Å². The zero-order chi connectivity index (χ0) is 8.10. The van der Waals surface area contributed by atoms with Crippen LogP contribution in [0.15, 0.2) is 0 Å². The van der Waals surface area contributed by atoms with Crippen LogP contribution < -0.4 is 0 Å². The second-order valence-electron chi connectivity index (χ2n) is 3.24. The van der Waals surface area contributed by atoms with Crippen LogP contribution in [0.3, 0.4) is 0 Å². The number of carbonyl (C=O) groups excluding carboxylic acids is 1. The van der Waals surface area contributed by atoms with Crippen LogP contribution in [-0.4, -0.2) is 30.3 Å². The van der Waals surface area contributed by atoms with E-state index in [2.05, 4.69) is 11.8 Å². The molecule has 1 fully saturated rings. The monoisotopic (exact) mass is 155 g/mol. The van der Waals surface area contributed by atoms with Crippen LogP contribution in [0.25, 0.3) is 0 Å². The van der Waals surface area contributed by atoms with Crippen molar-refractivity contribution in [1.29, 1.82) is 0 Å². The highest BCUT2D eigenvalue weighted by Crippen LogP contribution is 2.14. The summed E-state index contributed by atoms with van der Waals surface area (Å²) in [5.74, 6) is 0. The minimum Gasteiger partial charge on any atom is -0.302 e. The van der Waals surface area contributed by atoms with Crippen LogP contribution in [0, 0.1) is 0 Å². The minimum absolute atomic E-state index is 0.226. The molecule has 11 heavy (non-hydrogen) atoms. The SMILES string of the molecule is CCCN1CCCC[C@H]1C=O. The molecule has 0 saturated carbocycles. The van der Waals surface area contributed by atoms with Crippen molar-refractivity contribution in [2.24, 2.45) is 0 Å². The van der Waals surface area contributed by atoms with Gasteiger partial charge in [-0.05, 0) is 32.4 Å². The number of carbonyl (C=O) groups is 1. The Morgan fingerprint density at radius 1 is 1.55 bits per heavy atom. The van der Waals surface area contributed by atoms with Gasteiger partial charge in [-0.2, -0.15) is 0 Å². The van der Waals surface area contributed by atoms with Gasteiger partial charge in [0.1, 0.15) is 6.29 Å². The Morgan fingerprint density at radius 3 is 3.00 bits per heavy atom. The zero-order valence-corrected chi connectivity index (χ0v) is 7.25. The van der Waals surface area contributed by atoms with E-state index in [1.807, 2.05) is 0 Å². The van der Waals surface area contributed by atoms with Gasteiger partial charge >= 0.3 is 0 Å². The highest BCUT2D eigenvalue weighted by molar-refractivity contribution is 5.57. The summed E-state index contributed by atoms with van der Waals surface area (Å²) in [5.41, 5.74) is 0. The normalized spacial score (nSPS) is 26.8. The van der Waals surface area contributed by atoms with Crippen LogP contribution >= 0.6 is 0 Å². The average molecular weight is 155 g/mol. The van der Waals surface area contributed by atoms with Crippen molar-refractivity contribution in [2.45, 2.75) is 38.6 Å². The van der Waals surface area contributed by atoms with E-state index < -0.39 is 0 Å². The van der Waals surface area contributed by atoms with E-state index in [9.17, 15) is 4.79 Å². The first-order chi connectivity index (χ1) is 5.38. The fourth-order valence-electron chi connectivity index (χ4n) is 1.74. The number of nitrogens with zero attached hydrogens (tertiary/aromatic N) is 1. The summed E-state index contributed by atoms with van der Waals surface area (Å²) >= 11 is 0. The maximum Gasteiger partial charge on any atom is 0.137 e.